The molecule has 8 rings (SSSR count). The topological polar surface area (TPSA) is 198 Å². The van der Waals surface area contributed by atoms with Crippen molar-refractivity contribution in [3.8, 4) is 0 Å². The van der Waals surface area contributed by atoms with Gasteiger partial charge in [-0.25, -0.2) is 0 Å². The Morgan fingerprint density at radius 2 is 1.75 bits per heavy atom. The minimum absolute atomic E-state index is 0.0216. The van der Waals surface area contributed by atoms with E-state index in [1.54, 1.807) is 13.8 Å². The van der Waals surface area contributed by atoms with Crippen LogP contribution < -0.4 is 11.1 Å². The average molecular weight is 770 g/mol. The van der Waals surface area contributed by atoms with E-state index in [-0.39, 0.29) is 72.8 Å². The van der Waals surface area contributed by atoms with E-state index in [2.05, 4.69) is 31.3 Å². The van der Waals surface area contributed by atoms with E-state index in [0.717, 1.165) is 51.5 Å². The predicted octanol–water partition coefficient (Wildman–Crippen LogP) is 3.11. The Morgan fingerprint density at radius 3 is 2.40 bits per heavy atom. The fourth-order valence-electron chi connectivity index (χ4n) is 14.9. The molecule has 11 nitrogen and oxygen atoms in total. The van der Waals surface area contributed by atoms with Gasteiger partial charge in [-0.3, -0.25) is 9.79 Å². The number of ether oxygens (including phenoxy) is 1. The minimum Gasteiger partial charge on any atom is -0.391 e. The first-order valence-electron chi connectivity index (χ1n) is 22.1. The second kappa shape index (κ2) is 14.8. The third-order valence-corrected chi connectivity index (χ3v) is 17.6. The standard InChI is InChI=1S/C44H71N3O8/c1-23-22-55-39(25(23)3)40(52)41(4,53)33-14-15-44(54)36-35-27(18-43(33,44)29-8-6-5-7-9-29)11-10-26(28-12-13-34(45)46-21-28)17-42(35)19-32(50)31(49)16-30(42)38(51)37(36)47-20-24(2)48/h10-11,23-36,39-40,46,48-50,52-54H,5-9,12-22,45H2,1-4H3/t23-,24-,25-,26-,27-,28?,30-,31+,32-,33-,34?,35-,36-,39+,40+,41+,42-,43-,44-/m0/s1. The summed E-state index contributed by atoms with van der Waals surface area (Å²) in [4.78, 5) is 20.4. The number of aliphatic hydroxyl groups excluding tert-OH is 4. The number of nitrogens with one attached hydrogen (secondary N) is 1. The number of fused-ring (bicyclic) bond motifs is 2. The smallest absolute Gasteiger partial charge is 0.180 e. The molecule has 1 spiro atoms. The van der Waals surface area contributed by atoms with Gasteiger partial charge in [-0.15, -0.1) is 0 Å². The van der Waals surface area contributed by atoms with Gasteiger partial charge in [-0.2, -0.15) is 0 Å². The van der Waals surface area contributed by atoms with Crippen LogP contribution in [0, 0.1) is 70.0 Å². The van der Waals surface area contributed by atoms with Gasteiger partial charge in [0.15, 0.2) is 5.78 Å². The molecular formula is C44H71N3O8. The number of ketones is 1. The van der Waals surface area contributed by atoms with Crippen molar-refractivity contribution in [1.29, 1.82) is 0 Å². The first-order chi connectivity index (χ1) is 26.1. The van der Waals surface area contributed by atoms with Crippen LogP contribution in [0.25, 0.3) is 0 Å². The number of nitrogens with two attached hydrogens (primary N) is 1. The highest BCUT2D eigenvalue weighted by Crippen LogP contribution is 2.75. The molecule has 55 heavy (non-hydrogen) atoms. The van der Waals surface area contributed by atoms with Gasteiger partial charge in [-0.05, 0) is 137 Å². The number of Topliss-reactive ketones (excluding diaryl/α,β-unsaturated/α-hetero) is 1. The Morgan fingerprint density at radius 1 is 1.02 bits per heavy atom. The van der Waals surface area contributed by atoms with Crippen molar-refractivity contribution in [3.05, 3.63) is 12.2 Å². The number of carbonyl (C=O) groups excluding carboxylic acids is 1. The van der Waals surface area contributed by atoms with E-state index < -0.39 is 70.3 Å². The Hall–Kier alpha value is -1.28. The molecule has 0 bridgehead atoms. The molecule has 0 amide bonds. The maximum Gasteiger partial charge on any atom is 0.180 e. The highest BCUT2D eigenvalue weighted by Gasteiger charge is 2.78. The Labute approximate surface area is 328 Å². The van der Waals surface area contributed by atoms with Crippen LogP contribution in [0.3, 0.4) is 0 Å². The van der Waals surface area contributed by atoms with Gasteiger partial charge in [0.25, 0.3) is 0 Å². The largest absolute Gasteiger partial charge is 0.391 e. The molecule has 310 valence electrons. The fourth-order valence-corrected chi connectivity index (χ4v) is 14.9. The SMILES string of the molecule is C[C@@H]1[C@H]([C@@H](O)[C@](C)(O)[C@@H]2CC[C@]3(O)[C@@H]4C(=NC[C@H](C)O)C(=O)[C@@H]5C[C@@H](O)[C@@H](O)C[C@@]56C[C@@H](C5CCC(N)NC5)C=C[C@@H](C[C@]23C2CCCCC2)[C@@H]46)OC[C@@H]1C. The third-order valence-electron chi connectivity index (χ3n) is 17.6. The highest BCUT2D eigenvalue weighted by atomic mass is 16.5. The van der Waals surface area contributed by atoms with Crippen molar-refractivity contribution in [2.75, 3.05) is 19.7 Å². The van der Waals surface area contributed by atoms with Crippen LogP contribution in [0.1, 0.15) is 111 Å². The molecule has 0 radical (unpaired) electrons. The lowest BCUT2D eigenvalue weighted by Crippen LogP contribution is -2.74. The van der Waals surface area contributed by atoms with Crippen LogP contribution in [0.15, 0.2) is 17.1 Å². The molecule has 0 aromatic rings. The number of carbonyl (C=O) groups is 1. The number of nitrogens with zero attached hydrogens (tertiary/aromatic N) is 1. The molecule has 19 atom stereocenters. The molecule has 5 saturated carbocycles. The lowest BCUT2D eigenvalue weighted by Gasteiger charge is -2.69. The van der Waals surface area contributed by atoms with Crippen LogP contribution in [0.4, 0.5) is 0 Å². The number of hydrogen-bond donors (Lipinski definition) is 8. The molecule has 2 aliphatic heterocycles. The van der Waals surface area contributed by atoms with Crippen molar-refractivity contribution in [2.24, 2.45) is 80.7 Å². The monoisotopic (exact) mass is 770 g/mol. The zero-order valence-corrected chi connectivity index (χ0v) is 33.7. The molecule has 11 heteroatoms. The number of aliphatic hydroxyl groups is 6. The average Bonchev–Trinajstić information content (AvgIpc) is 3.61. The van der Waals surface area contributed by atoms with E-state index in [1.165, 1.54) is 0 Å². The molecule has 0 aromatic heterocycles. The van der Waals surface area contributed by atoms with Crippen LogP contribution >= 0.6 is 0 Å². The van der Waals surface area contributed by atoms with Gasteiger partial charge >= 0.3 is 0 Å². The Balaban J connectivity index is 1.32. The first-order valence-corrected chi connectivity index (χ1v) is 22.1. The van der Waals surface area contributed by atoms with Gasteiger partial charge in [-0.1, -0.05) is 45.3 Å². The van der Waals surface area contributed by atoms with E-state index >= 15 is 4.79 Å². The third kappa shape index (κ3) is 6.22. The summed E-state index contributed by atoms with van der Waals surface area (Å²) in [6.07, 6.45) is 9.40. The molecular weight excluding hydrogens is 698 g/mol. The molecule has 6 aliphatic carbocycles. The van der Waals surface area contributed by atoms with Crippen molar-refractivity contribution in [1.82, 2.24) is 5.32 Å². The van der Waals surface area contributed by atoms with E-state index in [4.69, 9.17) is 15.5 Å². The highest BCUT2D eigenvalue weighted by molar-refractivity contribution is 6.42. The van der Waals surface area contributed by atoms with Crippen LogP contribution in [0.5, 0.6) is 0 Å². The van der Waals surface area contributed by atoms with Gasteiger partial charge in [0, 0.05) is 23.9 Å². The summed E-state index contributed by atoms with van der Waals surface area (Å²) in [5.74, 6) is -1.56. The van der Waals surface area contributed by atoms with E-state index in [0.29, 0.717) is 38.0 Å². The summed E-state index contributed by atoms with van der Waals surface area (Å²) in [6.45, 7) is 8.94. The van der Waals surface area contributed by atoms with Crippen molar-refractivity contribution >= 4 is 11.5 Å². The van der Waals surface area contributed by atoms with Crippen molar-refractivity contribution < 1.29 is 40.2 Å². The van der Waals surface area contributed by atoms with E-state index in [1.807, 2.05) is 0 Å². The van der Waals surface area contributed by atoms with Crippen LogP contribution in [0.2, 0.25) is 0 Å². The van der Waals surface area contributed by atoms with Gasteiger partial charge in [0.2, 0.25) is 0 Å². The Bertz CT molecular complexity index is 1490. The summed E-state index contributed by atoms with van der Waals surface area (Å²) in [5.41, 5.74) is 2.01. The molecule has 2 heterocycles. The number of allylic oxidation sites excluding steroid dienone is 2. The minimum atomic E-state index is -1.60. The maximum atomic E-state index is 15.4. The van der Waals surface area contributed by atoms with Gasteiger partial charge < -0.3 is 46.4 Å². The summed E-state index contributed by atoms with van der Waals surface area (Å²) in [5, 5.41) is 76.3. The molecule has 2 unspecified atom stereocenters. The predicted molar refractivity (Wildman–Crippen MR) is 209 cm³/mol. The molecule has 0 aromatic carbocycles. The lowest BCUT2D eigenvalue weighted by molar-refractivity contribution is -0.256. The van der Waals surface area contributed by atoms with Crippen molar-refractivity contribution in [2.45, 2.75) is 159 Å². The van der Waals surface area contributed by atoms with Gasteiger partial charge in [0.05, 0.1) is 54.0 Å². The van der Waals surface area contributed by atoms with Crippen LogP contribution in [-0.4, -0.2) is 110 Å². The number of hydrogen-bond acceptors (Lipinski definition) is 11. The van der Waals surface area contributed by atoms with Crippen LogP contribution in [-0.2, 0) is 9.53 Å². The zero-order valence-electron chi connectivity index (χ0n) is 33.7. The number of rotatable bonds is 7. The Kier molecular flexibility index (Phi) is 10.9. The molecule has 7 fully saturated rings. The molecule has 8 aliphatic rings. The second-order valence-corrected chi connectivity index (χ2v) is 20.5. The maximum absolute atomic E-state index is 15.4. The summed E-state index contributed by atoms with van der Waals surface area (Å²) in [6, 6.07) is 0. The second-order valence-electron chi connectivity index (χ2n) is 20.5. The van der Waals surface area contributed by atoms with E-state index in [9.17, 15) is 30.6 Å². The summed E-state index contributed by atoms with van der Waals surface area (Å²) in [7, 11) is 0. The first kappa shape index (κ1) is 40.5. The summed E-state index contributed by atoms with van der Waals surface area (Å²) >= 11 is 0. The molecule has 9 N–H and O–H groups in total. The normalized spacial score (nSPS) is 51.8. The van der Waals surface area contributed by atoms with Gasteiger partial charge in [0.1, 0.15) is 6.10 Å². The zero-order chi connectivity index (χ0) is 39.2. The lowest BCUT2D eigenvalue weighted by atomic mass is 9.36. The molecule has 2 saturated heterocycles. The van der Waals surface area contributed by atoms with Crippen molar-refractivity contribution in [3.63, 3.8) is 0 Å². The fraction of sp³-hybridized carbons (Fsp3) is 0.909. The number of aliphatic imine (C=N–C) groups is 1. The summed E-state index contributed by atoms with van der Waals surface area (Å²) < 4.78 is 6.20. The number of piperidine rings is 1. The quantitative estimate of drug-likeness (QED) is 0.178.